The smallest absolute Gasteiger partial charge is 0.256 e. The van der Waals surface area contributed by atoms with E-state index < -0.39 is 29.1 Å². The van der Waals surface area contributed by atoms with Crippen LogP contribution < -0.4 is 5.32 Å². The standard InChI is InChI=1S/C14H18F3NO/c1-13(2,3)18-12(19)14(4,11(16)17)9-5-7-10(15)8-6-9/h5-8,11H,1-4H3,(H,18,19)/t14-/m1/s1. The number of amides is 1. The molecule has 0 saturated carbocycles. The number of carbonyl (C=O) groups is 1. The lowest BCUT2D eigenvalue weighted by Gasteiger charge is -2.32. The van der Waals surface area contributed by atoms with Gasteiger partial charge in [0.2, 0.25) is 5.91 Å². The van der Waals surface area contributed by atoms with E-state index in [4.69, 9.17) is 0 Å². The van der Waals surface area contributed by atoms with Crippen molar-refractivity contribution in [2.75, 3.05) is 0 Å². The van der Waals surface area contributed by atoms with Crippen LogP contribution in [0, 0.1) is 5.82 Å². The Labute approximate surface area is 111 Å². The van der Waals surface area contributed by atoms with Crippen molar-refractivity contribution in [1.29, 1.82) is 0 Å². The van der Waals surface area contributed by atoms with E-state index in [1.54, 1.807) is 20.8 Å². The summed E-state index contributed by atoms with van der Waals surface area (Å²) in [5.41, 5.74) is -2.53. The highest BCUT2D eigenvalue weighted by atomic mass is 19.3. The first-order chi connectivity index (χ1) is 8.57. The fourth-order valence-corrected chi connectivity index (χ4v) is 1.62. The SMILES string of the molecule is CC(C)(C)NC(=O)[C@](C)(c1ccc(F)cc1)C(F)F. The van der Waals surface area contributed by atoms with Crippen LogP contribution in [0.4, 0.5) is 13.2 Å². The van der Waals surface area contributed by atoms with Gasteiger partial charge in [-0.3, -0.25) is 4.79 Å². The van der Waals surface area contributed by atoms with Gasteiger partial charge in [0.25, 0.3) is 6.43 Å². The second kappa shape index (κ2) is 5.23. The number of alkyl halides is 2. The molecule has 1 atom stereocenters. The summed E-state index contributed by atoms with van der Waals surface area (Å²) in [5.74, 6) is -1.31. The molecule has 19 heavy (non-hydrogen) atoms. The number of nitrogens with one attached hydrogen (secondary N) is 1. The summed E-state index contributed by atoms with van der Waals surface area (Å²) in [4.78, 5) is 12.1. The molecule has 0 aliphatic heterocycles. The third-order valence-electron chi connectivity index (χ3n) is 2.84. The van der Waals surface area contributed by atoms with Crippen molar-refractivity contribution in [3.8, 4) is 0 Å². The van der Waals surface area contributed by atoms with E-state index in [-0.39, 0.29) is 5.56 Å². The van der Waals surface area contributed by atoms with Crippen molar-refractivity contribution >= 4 is 5.91 Å². The summed E-state index contributed by atoms with van der Waals surface area (Å²) < 4.78 is 39.5. The minimum Gasteiger partial charge on any atom is -0.351 e. The van der Waals surface area contributed by atoms with E-state index in [9.17, 15) is 18.0 Å². The Hall–Kier alpha value is -1.52. The van der Waals surface area contributed by atoms with E-state index >= 15 is 0 Å². The molecular weight excluding hydrogens is 255 g/mol. The van der Waals surface area contributed by atoms with Gasteiger partial charge in [-0.1, -0.05) is 12.1 Å². The van der Waals surface area contributed by atoms with E-state index in [2.05, 4.69) is 5.32 Å². The van der Waals surface area contributed by atoms with Gasteiger partial charge in [0.1, 0.15) is 11.2 Å². The number of halogens is 3. The average molecular weight is 273 g/mol. The van der Waals surface area contributed by atoms with Gasteiger partial charge in [-0.2, -0.15) is 0 Å². The molecule has 0 bridgehead atoms. The molecule has 1 rings (SSSR count). The van der Waals surface area contributed by atoms with Crippen LogP contribution in [0.25, 0.3) is 0 Å². The van der Waals surface area contributed by atoms with Crippen LogP contribution >= 0.6 is 0 Å². The summed E-state index contributed by atoms with van der Waals surface area (Å²) >= 11 is 0. The third kappa shape index (κ3) is 3.49. The highest BCUT2D eigenvalue weighted by Crippen LogP contribution is 2.32. The summed E-state index contributed by atoms with van der Waals surface area (Å²) in [7, 11) is 0. The first kappa shape index (κ1) is 15.5. The van der Waals surface area contributed by atoms with Crippen molar-refractivity contribution < 1.29 is 18.0 Å². The summed E-state index contributed by atoms with van der Waals surface area (Å²) in [5, 5.41) is 2.54. The van der Waals surface area contributed by atoms with Gasteiger partial charge in [0, 0.05) is 5.54 Å². The van der Waals surface area contributed by atoms with Crippen LogP contribution in [0.15, 0.2) is 24.3 Å². The van der Waals surface area contributed by atoms with Crippen LogP contribution in [0.2, 0.25) is 0 Å². The molecule has 0 spiro atoms. The van der Waals surface area contributed by atoms with Gasteiger partial charge in [-0.15, -0.1) is 0 Å². The zero-order valence-electron chi connectivity index (χ0n) is 11.4. The topological polar surface area (TPSA) is 29.1 Å². The molecule has 106 valence electrons. The normalized spacial score (nSPS) is 15.2. The molecule has 1 aromatic carbocycles. The minimum absolute atomic E-state index is 0.0886. The zero-order chi connectivity index (χ0) is 14.8. The van der Waals surface area contributed by atoms with E-state index in [0.717, 1.165) is 19.1 Å². The van der Waals surface area contributed by atoms with Gasteiger partial charge in [-0.25, -0.2) is 13.2 Å². The van der Waals surface area contributed by atoms with Crippen LogP contribution in [0.5, 0.6) is 0 Å². The highest BCUT2D eigenvalue weighted by Gasteiger charge is 2.45. The van der Waals surface area contributed by atoms with Crippen LogP contribution in [-0.2, 0) is 10.2 Å². The quantitative estimate of drug-likeness (QED) is 0.899. The second-order valence-electron chi connectivity index (χ2n) is 5.71. The van der Waals surface area contributed by atoms with Gasteiger partial charge in [0.15, 0.2) is 0 Å². The molecule has 2 nitrogen and oxygen atoms in total. The minimum atomic E-state index is -2.89. The van der Waals surface area contributed by atoms with E-state index in [0.29, 0.717) is 0 Å². The molecule has 1 amide bonds. The fourth-order valence-electron chi connectivity index (χ4n) is 1.62. The number of rotatable bonds is 3. The fraction of sp³-hybridized carbons (Fsp3) is 0.500. The van der Waals surface area contributed by atoms with Crippen molar-refractivity contribution in [2.45, 2.75) is 45.1 Å². The molecule has 0 fully saturated rings. The number of hydrogen-bond donors (Lipinski definition) is 1. The lowest BCUT2D eigenvalue weighted by Crippen LogP contribution is -2.53. The number of benzene rings is 1. The molecule has 0 aliphatic carbocycles. The predicted molar refractivity (Wildman–Crippen MR) is 67.7 cm³/mol. The molecule has 0 aromatic heterocycles. The van der Waals surface area contributed by atoms with Gasteiger partial charge >= 0.3 is 0 Å². The molecule has 0 saturated heterocycles. The monoisotopic (exact) mass is 273 g/mol. The number of carbonyl (C=O) groups excluding carboxylic acids is 1. The largest absolute Gasteiger partial charge is 0.351 e. The Morgan fingerprint density at radius 3 is 1.95 bits per heavy atom. The Bertz CT molecular complexity index is 451. The molecule has 0 heterocycles. The molecular formula is C14H18F3NO. The Kier molecular flexibility index (Phi) is 4.28. The van der Waals surface area contributed by atoms with Crippen molar-refractivity contribution in [3.63, 3.8) is 0 Å². The zero-order valence-corrected chi connectivity index (χ0v) is 11.4. The van der Waals surface area contributed by atoms with Gasteiger partial charge in [-0.05, 0) is 45.4 Å². The maximum atomic E-state index is 13.3. The van der Waals surface area contributed by atoms with Crippen molar-refractivity contribution in [2.24, 2.45) is 0 Å². The van der Waals surface area contributed by atoms with Crippen LogP contribution in [0.1, 0.15) is 33.3 Å². The highest BCUT2D eigenvalue weighted by molar-refractivity contribution is 5.88. The van der Waals surface area contributed by atoms with Crippen molar-refractivity contribution in [1.82, 2.24) is 5.32 Å². The molecule has 5 heteroatoms. The maximum absolute atomic E-state index is 13.3. The summed E-state index contributed by atoms with van der Waals surface area (Å²) in [6, 6.07) is 4.56. The average Bonchev–Trinajstić information content (AvgIpc) is 2.26. The molecule has 1 aromatic rings. The number of hydrogen-bond acceptors (Lipinski definition) is 1. The summed E-state index contributed by atoms with van der Waals surface area (Å²) in [6.45, 7) is 6.29. The van der Waals surface area contributed by atoms with Gasteiger partial charge in [0.05, 0.1) is 0 Å². The molecule has 1 N–H and O–H groups in total. The van der Waals surface area contributed by atoms with Crippen LogP contribution in [-0.4, -0.2) is 17.9 Å². The van der Waals surface area contributed by atoms with Crippen molar-refractivity contribution in [3.05, 3.63) is 35.6 Å². The summed E-state index contributed by atoms with van der Waals surface area (Å²) in [6.07, 6.45) is -2.89. The van der Waals surface area contributed by atoms with E-state index in [1.165, 1.54) is 12.1 Å². The Balaban J connectivity index is 3.17. The molecule has 0 radical (unpaired) electrons. The lowest BCUT2D eigenvalue weighted by molar-refractivity contribution is -0.133. The third-order valence-corrected chi connectivity index (χ3v) is 2.84. The predicted octanol–water partition coefficient (Wildman–Crippen LogP) is 3.26. The van der Waals surface area contributed by atoms with Crippen LogP contribution in [0.3, 0.4) is 0 Å². The Morgan fingerprint density at radius 2 is 1.58 bits per heavy atom. The molecule has 0 unspecified atom stereocenters. The maximum Gasteiger partial charge on any atom is 0.256 e. The van der Waals surface area contributed by atoms with E-state index in [1.807, 2.05) is 0 Å². The first-order valence-corrected chi connectivity index (χ1v) is 5.94. The first-order valence-electron chi connectivity index (χ1n) is 5.94. The lowest BCUT2D eigenvalue weighted by atomic mass is 9.81. The molecule has 0 aliphatic rings. The van der Waals surface area contributed by atoms with Gasteiger partial charge < -0.3 is 5.32 Å². The second-order valence-corrected chi connectivity index (χ2v) is 5.71. The Morgan fingerprint density at radius 1 is 1.11 bits per heavy atom.